The van der Waals surface area contributed by atoms with Crippen molar-refractivity contribution in [1.82, 2.24) is 14.8 Å². The summed E-state index contributed by atoms with van der Waals surface area (Å²) < 4.78 is 12.6. The van der Waals surface area contributed by atoms with Crippen LogP contribution in [0.2, 0.25) is 5.02 Å². The number of aromatic nitrogens is 3. The number of carbonyl (C=O) groups excluding carboxylic acids is 1. The second-order valence-corrected chi connectivity index (χ2v) is 7.93. The molecule has 2 heterocycles. The Balaban J connectivity index is 1.80. The molecule has 2 aromatic heterocycles. The average molecular weight is 433 g/mol. The van der Waals surface area contributed by atoms with Gasteiger partial charge in [-0.25, -0.2) is 0 Å². The zero-order chi connectivity index (χ0) is 21.0. The fourth-order valence-electron chi connectivity index (χ4n) is 2.71. The first kappa shape index (κ1) is 21.0. The number of allylic oxidation sites excluding steroid dienone is 1. The van der Waals surface area contributed by atoms with Crippen molar-refractivity contribution in [2.75, 3.05) is 12.4 Å². The number of thioether (sulfide) groups is 1. The number of aryl methyl sites for hydroxylation is 1. The van der Waals surface area contributed by atoms with E-state index in [2.05, 4.69) is 22.1 Å². The van der Waals surface area contributed by atoms with E-state index >= 15 is 0 Å². The van der Waals surface area contributed by atoms with Crippen molar-refractivity contribution in [3.05, 3.63) is 54.0 Å². The fourth-order valence-corrected chi connectivity index (χ4v) is 3.74. The minimum absolute atomic E-state index is 0.204. The Kier molecular flexibility index (Phi) is 6.66. The number of hydrogen-bond donors (Lipinski definition) is 1. The summed E-state index contributed by atoms with van der Waals surface area (Å²) in [6.45, 7) is 7.97. The molecule has 152 valence electrons. The Morgan fingerprint density at radius 1 is 1.45 bits per heavy atom. The molecule has 0 saturated carbocycles. The number of nitrogens with zero attached hydrogens (tertiary/aromatic N) is 3. The third kappa shape index (κ3) is 4.65. The molecule has 0 radical (unpaired) electrons. The third-order valence-electron chi connectivity index (χ3n) is 4.20. The number of benzene rings is 1. The van der Waals surface area contributed by atoms with Crippen LogP contribution in [-0.2, 0) is 11.3 Å². The summed E-state index contributed by atoms with van der Waals surface area (Å²) >= 11 is 7.34. The first-order chi connectivity index (χ1) is 13.9. The second-order valence-electron chi connectivity index (χ2n) is 6.19. The van der Waals surface area contributed by atoms with Crippen molar-refractivity contribution < 1.29 is 13.9 Å². The Bertz CT molecular complexity index is 1030. The van der Waals surface area contributed by atoms with Crippen molar-refractivity contribution in [3.63, 3.8) is 0 Å². The number of hydrogen-bond acceptors (Lipinski definition) is 6. The van der Waals surface area contributed by atoms with Gasteiger partial charge in [-0.3, -0.25) is 9.36 Å². The monoisotopic (exact) mass is 432 g/mol. The second kappa shape index (κ2) is 9.19. The molecule has 3 rings (SSSR count). The lowest BCUT2D eigenvalue weighted by molar-refractivity contribution is -0.115. The summed E-state index contributed by atoms with van der Waals surface area (Å²) in [5.41, 5.74) is 1.37. The zero-order valence-corrected chi connectivity index (χ0v) is 17.9. The van der Waals surface area contributed by atoms with Crippen molar-refractivity contribution >= 4 is 35.0 Å². The van der Waals surface area contributed by atoms with Gasteiger partial charge in [0.25, 0.3) is 0 Å². The first-order valence-corrected chi connectivity index (χ1v) is 10.1. The lowest BCUT2D eigenvalue weighted by Gasteiger charge is -2.15. The number of anilines is 1. The molecular formula is C20H21ClN4O3S. The van der Waals surface area contributed by atoms with E-state index in [1.54, 1.807) is 37.5 Å². The molecule has 1 aromatic carbocycles. The Labute approximate surface area is 178 Å². The first-order valence-electron chi connectivity index (χ1n) is 8.84. The lowest BCUT2D eigenvalue weighted by atomic mass is 10.2. The number of rotatable bonds is 8. The average Bonchev–Trinajstić information content (AvgIpc) is 3.28. The normalized spacial score (nSPS) is 11.9. The summed E-state index contributed by atoms with van der Waals surface area (Å²) in [5, 5.41) is 12.1. The number of ether oxygens (including phenoxy) is 1. The highest BCUT2D eigenvalue weighted by Gasteiger charge is 2.22. The van der Waals surface area contributed by atoms with Crippen LogP contribution in [0.5, 0.6) is 5.75 Å². The van der Waals surface area contributed by atoms with Crippen molar-refractivity contribution in [2.24, 2.45) is 0 Å². The van der Waals surface area contributed by atoms with E-state index in [1.165, 1.54) is 18.9 Å². The van der Waals surface area contributed by atoms with Gasteiger partial charge >= 0.3 is 0 Å². The van der Waals surface area contributed by atoms with Gasteiger partial charge in [0.05, 0.1) is 29.9 Å². The van der Waals surface area contributed by atoms with Crippen LogP contribution < -0.4 is 10.1 Å². The molecule has 0 aliphatic rings. The molecule has 0 aliphatic carbocycles. The van der Waals surface area contributed by atoms with E-state index in [1.807, 2.05) is 17.6 Å². The van der Waals surface area contributed by atoms with Crippen LogP contribution in [0.4, 0.5) is 5.69 Å². The third-order valence-corrected chi connectivity index (χ3v) is 5.51. The van der Waals surface area contributed by atoms with Gasteiger partial charge in [-0.2, -0.15) is 0 Å². The van der Waals surface area contributed by atoms with E-state index in [-0.39, 0.29) is 5.91 Å². The summed E-state index contributed by atoms with van der Waals surface area (Å²) in [4.78, 5) is 12.7. The molecule has 0 spiro atoms. The van der Waals surface area contributed by atoms with Crippen LogP contribution in [0, 0.1) is 6.92 Å². The summed E-state index contributed by atoms with van der Waals surface area (Å²) in [6, 6.07) is 6.89. The van der Waals surface area contributed by atoms with Gasteiger partial charge in [0.1, 0.15) is 11.5 Å². The van der Waals surface area contributed by atoms with E-state index < -0.39 is 5.25 Å². The molecule has 1 atom stereocenters. The highest BCUT2D eigenvalue weighted by atomic mass is 35.5. The van der Waals surface area contributed by atoms with Gasteiger partial charge in [-0.15, -0.1) is 16.8 Å². The molecule has 0 saturated heterocycles. The zero-order valence-electron chi connectivity index (χ0n) is 16.3. The number of amides is 1. The van der Waals surface area contributed by atoms with Crippen LogP contribution in [0.25, 0.3) is 11.4 Å². The van der Waals surface area contributed by atoms with E-state index in [0.717, 1.165) is 11.3 Å². The Morgan fingerprint density at radius 3 is 2.90 bits per heavy atom. The van der Waals surface area contributed by atoms with Gasteiger partial charge < -0.3 is 14.5 Å². The predicted molar refractivity (Wildman–Crippen MR) is 115 cm³/mol. The highest BCUT2D eigenvalue weighted by molar-refractivity contribution is 8.00. The van der Waals surface area contributed by atoms with Gasteiger partial charge in [-0.05, 0) is 38.1 Å². The van der Waals surface area contributed by atoms with Crippen molar-refractivity contribution in [2.45, 2.75) is 30.8 Å². The quantitative estimate of drug-likeness (QED) is 0.406. The van der Waals surface area contributed by atoms with Crippen LogP contribution in [0.3, 0.4) is 0 Å². The lowest BCUT2D eigenvalue weighted by Crippen LogP contribution is -2.23. The topological polar surface area (TPSA) is 82.2 Å². The maximum Gasteiger partial charge on any atom is 0.237 e. The minimum atomic E-state index is -0.440. The SMILES string of the molecule is C=CCn1c(SC(C)C(=O)Nc2cc(Cl)ccc2OC)nnc1-c1ccoc1C. The summed E-state index contributed by atoms with van der Waals surface area (Å²) in [5.74, 6) is 1.75. The predicted octanol–water partition coefficient (Wildman–Crippen LogP) is 4.81. The van der Waals surface area contributed by atoms with Crippen LogP contribution in [-0.4, -0.2) is 33.0 Å². The molecule has 0 aliphatic heterocycles. The van der Waals surface area contributed by atoms with Gasteiger partial charge in [-0.1, -0.05) is 29.4 Å². The fraction of sp³-hybridized carbons (Fsp3) is 0.250. The largest absolute Gasteiger partial charge is 0.495 e. The molecule has 3 aromatic rings. The van der Waals surface area contributed by atoms with E-state index in [4.69, 9.17) is 20.8 Å². The van der Waals surface area contributed by atoms with Crippen LogP contribution in [0.1, 0.15) is 12.7 Å². The molecule has 1 unspecified atom stereocenters. The van der Waals surface area contributed by atoms with E-state index in [0.29, 0.717) is 34.0 Å². The Hall–Kier alpha value is -2.71. The van der Waals surface area contributed by atoms with Gasteiger partial charge in [0, 0.05) is 11.6 Å². The maximum atomic E-state index is 12.7. The molecule has 7 nitrogen and oxygen atoms in total. The number of nitrogens with one attached hydrogen (secondary N) is 1. The van der Waals surface area contributed by atoms with Gasteiger partial charge in [0.15, 0.2) is 11.0 Å². The molecule has 1 amide bonds. The van der Waals surface area contributed by atoms with E-state index in [9.17, 15) is 4.79 Å². The standard InChI is InChI=1S/C20H21ClN4O3S/c1-5-9-25-18(15-8-10-28-12(15)2)23-24-20(25)29-13(3)19(26)22-16-11-14(21)6-7-17(16)27-4/h5-8,10-11,13H,1,9H2,2-4H3,(H,22,26). The van der Waals surface area contributed by atoms with Crippen molar-refractivity contribution in [3.8, 4) is 17.1 Å². The number of halogens is 1. The Morgan fingerprint density at radius 2 is 2.24 bits per heavy atom. The molecule has 1 N–H and O–H groups in total. The minimum Gasteiger partial charge on any atom is -0.495 e. The summed E-state index contributed by atoms with van der Waals surface area (Å²) in [6.07, 6.45) is 3.37. The number of methoxy groups -OCH3 is 1. The van der Waals surface area contributed by atoms with Gasteiger partial charge in [0.2, 0.25) is 5.91 Å². The molecule has 0 fully saturated rings. The van der Waals surface area contributed by atoms with Crippen LogP contribution in [0.15, 0.2) is 52.8 Å². The summed E-state index contributed by atoms with van der Waals surface area (Å²) in [7, 11) is 1.54. The number of furan rings is 1. The van der Waals surface area contributed by atoms with Crippen molar-refractivity contribution in [1.29, 1.82) is 0 Å². The number of carbonyl (C=O) groups is 1. The molecule has 0 bridgehead atoms. The molecule has 9 heteroatoms. The van der Waals surface area contributed by atoms with Crippen LogP contribution >= 0.6 is 23.4 Å². The molecular weight excluding hydrogens is 412 g/mol. The smallest absolute Gasteiger partial charge is 0.237 e. The highest BCUT2D eigenvalue weighted by Crippen LogP contribution is 2.31. The molecule has 29 heavy (non-hydrogen) atoms. The maximum absolute atomic E-state index is 12.7.